The first-order chi connectivity index (χ1) is 14.7. The molecule has 3 heterocycles. The largest absolute Gasteiger partial charge is 0.598 e. The van der Waals surface area contributed by atoms with Crippen LogP contribution in [-0.2, 0) is 11.4 Å². The minimum Gasteiger partial charge on any atom is -0.598 e. The zero-order valence-corrected chi connectivity index (χ0v) is 19.3. The molecule has 2 atom stereocenters. The van der Waals surface area contributed by atoms with E-state index in [2.05, 4.69) is 33.0 Å². The van der Waals surface area contributed by atoms with E-state index in [9.17, 15) is 4.55 Å². The number of aromatic nitrogens is 4. The fourth-order valence-electron chi connectivity index (χ4n) is 3.26. The van der Waals surface area contributed by atoms with E-state index in [0.29, 0.717) is 0 Å². The summed E-state index contributed by atoms with van der Waals surface area (Å²) in [6.45, 7) is 9.81. The molecule has 1 unspecified atom stereocenters. The lowest BCUT2D eigenvalue weighted by Gasteiger charge is -2.26. The normalized spacial score (nSPS) is 14.0. The van der Waals surface area contributed by atoms with Crippen molar-refractivity contribution in [2.45, 2.75) is 45.4 Å². The second kappa shape index (κ2) is 8.42. The Bertz CT molecular complexity index is 1210. The Morgan fingerprint density at radius 1 is 1.03 bits per heavy atom. The zero-order valence-electron chi connectivity index (χ0n) is 18.5. The molecule has 1 N–H and O–H groups in total. The molecule has 0 saturated carbocycles. The smallest absolute Gasteiger partial charge is 0.154 e. The van der Waals surface area contributed by atoms with Crippen LogP contribution in [0, 0.1) is 6.92 Å². The molecule has 0 amide bonds. The molecule has 7 heteroatoms. The van der Waals surface area contributed by atoms with Crippen molar-refractivity contribution in [1.29, 1.82) is 0 Å². The van der Waals surface area contributed by atoms with Gasteiger partial charge in [0.2, 0.25) is 0 Å². The fraction of sp³-hybridized carbons (Fsp3) is 0.292. The van der Waals surface area contributed by atoms with Crippen LogP contribution in [0.3, 0.4) is 0 Å². The van der Waals surface area contributed by atoms with Gasteiger partial charge in [-0.3, -0.25) is 4.98 Å². The van der Waals surface area contributed by atoms with Crippen LogP contribution in [-0.4, -0.2) is 29.0 Å². The van der Waals surface area contributed by atoms with Gasteiger partial charge in [0.25, 0.3) is 0 Å². The summed E-state index contributed by atoms with van der Waals surface area (Å²) in [5.41, 5.74) is 4.63. The summed E-state index contributed by atoms with van der Waals surface area (Å²) >= 11 is -1.17. The third-order valence-electron chi connectivity index (χ3n) is 5.01. The quantitative estimate of drug-likeness (QED) is 0.453. The van der Waals surface area contributed by atoms with Gasteiger partial charge in [-0.2, -0.15) is 5.10 Å². The second-order valence-corrected chi connectivity index (χ2v) is 10.6. The first-order valence-electron chi connectivity index (χ1n) is 10.3. The summed E-state index contributed by atoms with van der Waals surface area (Å²) in [6.07, 6.45) is 1.85. The van der Waals surface area contributed by atoms with E-state index in [1.54, 1.807) is 0 Å². The third kappa shape index (κ3) is 4.63. The number of hydrogen-bond acceptors (Lipinski definition) is 5. The van der Waals surface area contributed by atoms with Gasteiger partial charge in [0.15, 0.2) is 5.82 Å². The Morgan fingerprint density at radius 2 is 1.81 bits per heavy atom. The van der Waals surface area contributed by atoms with Crippen molar-refractivity contribution < 1.29 is 4.55 Å². The molecule has 6 nitrogen and oxygen atoms in total. The first kappa shape index (κ1) is 21.5. The number of hydrogen-bond donors (Lipinski definition) is 1. The van der Waals surface area contributed by atoms with Crippen LogP contribution in [0.4, 0.5) is 0 Å². The molecule has 0 saturated heterocycles. The van der Waals surface area contributed by atoms with Gasteiger partial charge in [-0.15, -0.1) is 4.72 Å². The van der Waals surface area contributed by atoms with Crippen molar-refractivity contribution in [3.8, 4) is 17.1 Å². The molecule has 4 aromatic rings. The number of nitrogens with zero attached hydrogens (tertiary/aromatic N) is 4. The van der Waals surface area contributed by atoms with Crippen molar-refractivity contribution in [2.24, 2.45) is 0 Å². The average Bonchev–Trinajstić information content (AvgIpc) is 3.16. The van der Waals surface area contributed by atoms with E-state index in [1.165, 1.54) is 0 Å². The summed E-state index contributed by atoms with van der Waals surface area (Å²) in [5, 5.41) is 5.57. The van der Waals surface area contributed by atoms with Gasteiger partial charge < -0.3 is 4.55 Å². The van der Waals surface area contributed by atoms with Crippen molar-refractivity contribution in [3.05, 3.63) is 72.2 Å². The van der Waals surface area contributed by atoms with Gasteiger partial charge >= 0.3 is 0 Å². The van der Waals surface area contributed by atoms with Crippen molar-refractivity contribution >= 4 is 22.3 Å². The Labute approximate surface area is 186 Å². The summed E-state index contributed by atoms with van der Waals surface area (Å²) in [7, 11) is 0. The molecule has 0 aliphatic heterocycles. The first-order valence-corrected chi connectivity index (χ1v) is 11.4. The molecular formula is C24H27N5OS. The number of pyridine rings is 2. The number of aryl methyl sites for hydroxylation is 1. The van der Waals surface area contributed by atoms with E-state index >= 15 is 0 Å². The van der Waals surface area contributed by atoms with E-state index in [1.807, 2.05) is 81.9 Å². The molecule has 0 aliphatic rings. The van der Waals surface area contributed by atoms with Crippen LogP contribution in [0.5, 0.6) is 0 Å². The lowest BCUT2D eigenvalue weighted by molar-refractivity contribution is 0.529. The lowest BCUT2D eigenvalue weighted by atomic mass is 10.1. The van der Waals surface area contributed by atoms with Gasteiger partial charge in [0.05, 0.1) is 29.1 Å². The van der Waals surface area contributed by atoms with E-state index in [0.717, 1.165) is 39.4 Å². The van der Waals surface area contributed by atoms with E-state index in [-0.39, 0.29) is 10.8 Å². The maximum absolute atomic E-state index is 12.5. The molecule has 1 aromatic carbocycles. The molecule has 31 heavy (non-hydrogen) atoms. The minimum atomic E-state index is -1.17. The molecule has 0 spiro atoms. The van der Waals surface area contributed by atoms with Crippen molar-refractivity contribution in [2.75, 3.05) is 0 Å². The lowest BCUT2D eigenvalue weighted by Crippen LogP contribution is -2.40. The molecule has 4 rings (SSSR count). The summed E-state index contributed by atoms with van der Waals surface area (Å²) in [4.78, 5) is 9.44. The molecule has 0 fully saturated rings. The van der Waals surface area contributed by atoms with Gasteiger partial charge in [-0.05, 0) is 65.0 Å². The SMILES string of the molecule is Cc1cccc(-n2ncc3ccc(-c4cccc([C@@H](C)N[S+]([O-])C(C)(C)C)n4)cc32)n1. The molecular weight excluding hydrogens is 406 g/mol. The van der Waals surface area contributed by atoms with Crippen LogP contribution in [0.1, 0.15) is 45.1 Å². The van der Waals surface area contributed by atoms with E-state index in [4.69, 9.17) is 4.98 Å². The van der Waals surface area contributed by atoms with Crippen molar-refractivity contribution in [1.82, 2.24) is 24.5 Å². The topological polar surface area (TPSA) is 78.7 Å². The second-order valence-electron chi connectivity index (χ2n) is 8.64. The summed E-state index contributed by atoms with van der Waals surface area (Å²) in [6, 6.07) is 17.9. The van der Waals surface area contributed by atoms with Crippen LogP contribution in [0.2, 0.25) is 0 Å². The average molecular weight is 434 g/mol. The molecule has 0 aliphatic carbocycles. The van der Waals surface area contributed by atoms with Gasteiger partial charge in [-0.25, -0.2) is 9.67 Å². The van der Waals surface area contributed by atoms with Crippen LogP contribution in [0.15, 0.2) is 60.8 Å². The number of benzene rings is 1. The van der Waals surface area contributed by atoms with E-state index < -0.39 is 11.4 Å². The van der Waals surface area contributed by atoms with Gasteiger partial charge in [0.1, 0.15) is 4.75 Å². The van der Waals surface area contributed by atoms with Crippen LogP contribution >= 0.6 is 0 Å². The Hall–Kier alpha value is -2.74. The standard InChI is InChI=1S/C24H27N5OS/c1-16-8-6-11-23(26-16)29-22-14-18(12-13-19(22)15-25-29)21-10-7-9-20(27-21)17(2)28-31(30)24(3,4)5/h6-15,17,28H,1-5H3/t17-,31?/m1/s1. The highest BCUT2D eigenvalue weighted by Crippen LogP contribution is 2.26. The maximum Gasteiger partial charge on any atom is 0.154 e. The Kier molecular flexibility index (Phi) is 5.83. The summed E-state index contributed by atoms with van der Waals surface area (Å²) in [5.74, 6) is 0.788. The summed E-state index contributed by atoms with van der Waals surface area (Å²) < 4.78 is 17.2. The number of fused-ring (bicyclic) bond motifs is 1. The fourth-order valence-corrected chi connectivity index (χ4v) is 4.05. The Balaban J connectivity index is 1.68. The minimum absolute atomic E-state index is 0.134. The number of nitrogens with one attached hydrogen (secondary N) is 1. The highest BCUT2D eigenvalue weighted by molar-refractivity contribution is 7.90. The maximum atomic E-state index is 12.5. The highest BCUT2D eigenvalue weighted by atomic mass is 32.2. The van der Waals surface area contributed by atoms with Crippen LogP contribution < -0.4 is 4.72 Å². The number of rotatable bonds is 5. The predicted molar refractivity (Wildman–Crippen MR) is 126 cm³/mol. The predicted octanol–water partition coefficient (Wildman–Crippen LogP) is 4.90. The monoisotopic (exact) mass is 433 g/mol. The molecule has 0 radical (unpaired) electrons. The van der Waals surface area contributed by atoms with Crippen molar-refractivity contribution in [3.63, 3.8) is 0 Å². The highest BCUT2D eigenvalue weighted by Gasteiger charge is 2.28. The zero-order chi connectivity index (χ0) is 22.2. The van der Waals surface area contributed by atoms with Gasteiger partial charge in [0, 0.05) is 28.0 Å². The molecule has 0 bridgehead atoms. The third-order valence-corrected chi connectivity index (χ3v) is 6.69. The Morgan fingerprint density at radius 3 is 2.55 bits per heavy atom. The van der Waals surface area contributed by atoms with Crippen LogP contribution in [0.25, 0.3) is 28.0 Å². The molecule has 160 valence electrons. The van der Waals surface area contributed by atoms with Gasteiger partial charge in [-0.1, -0.05) is 24.3 Å². The molecule has 3 aromatic heterocycles.